The highest BCUT2D eigenvalue weighted by atomic mass is 79.9. The number of thiophene rings is 1. The van der Waals surface area contributed by atoms with Crippen LogP contribution < -0.4 is 5.73 Å². The molecule has 2 N–H and O–H groups in total. The fourth-order valence-electron chi connectivity index (χ4n) is 1.87. The second-order valence-corrected chi connectivity index (χ2v) is 5.53. The third kappa shape index (κ3) is 1.80. The van der Waals surface area contributed by atoms with Gasteiger partial charge in [0.05, 0.1) is 10.6 Å². The van der Waals surface area contributed by atoms with Crippen LogP contribution in [0.1, 0.15) is 5.69 Å². The summed E-state index contributed by atoms with van der Waals surface area (Å²) >= 11 is 5.15. The lowest BCUT2D eigenvalue weighted by Crippen LogP contribution is -2.02. The number of nitrogens with zero attached hydrogens (tertiary/aromatic N) is 2. The summed E-state index contributed by atoms with van der Waals surface area (Å²) < 4.78 is 3.06. The van der Waals surface area contributed by atoms with Crippen molar-refractivity contribution in [1.82, 2.24) is 9.38 Å². The molecular weight excluding hydrogens is 298 g/mol. The minimum atomic E-state index is 0.477. The monoisotopic (exact) mass is 307 g/mol. The number of fused-ring (bicyclic) bond motifs is 1. The van der Waals surface area contributed by atoms with Gasteiger partial charge in [-0.3, -0.25) is 0 Å². The Morgan fingerprint density at radius 3 is 2.94 bits per heavy atom. The van der Waals surface area contributed by atoms with E-state index in [4.69, 9.17) is 5.73 Å². The van der Waals surface area contributed by atoms with Crippen molar-refractivity contribution in [2.75, 3.05) is 0 Å². The molecule has 0 atom stereocenters. The van der Waals surface area contributed by atoms with Gasteiger partial charge in [0, 0.05) is 17.2 Å². The Morgan fingerprint density at radius 1 is 1.35 bits per heavy atom. The minimum absolute atomic E-state index is 0.477. The third-order valence-electron chi connectivity index (χ3n) is 2.63. The quantitative estimate of drug-likeness (QED) is 0.789. The van der Waals surface area contributed by atoms with E-state index in [1.807, 2.05) is 28.8 Å². The van der Waals surface area contributed by atoms with Gasteiger partial charge in [0.25, 0.3) is 0 Å². The van der Waals surface area contributed by atoms with E-state index in [0.717, 1.165) is 26.4 Å². The highest BCUT2D eigenvalue weighted by molar-refractivity contribution is 9.10. The Morgan fingerprint density at radius 2 is 2.24 bits per heavy atom. The van der Waals surface area contributed by atoms with E-state index in [-0.39, 0.29) is 0 Å². The second kappa shape index (κ2) is 4.25. The third-order valence-corrected chi connectivity index (χ3v) is 3.97. The minimum Gasteiger partial charge on any atom is -0.325 e. The Balaban J connectivity index is 2.32. The van der Waals surface area contributed by atoms with Gasteiger partial charge < -0.3 is 10.1 Å². The van der Waals surface area contributed by atoms with Crippen molar-refractivity contribution < 1.29 is 0 Å². The maximum absolute atomic E-state index is 5.85. The fraction of sp³-hybridized carbons (Fsp3) is 0.0833. The normalized spacial score (nSPS) is 11.2. The van der Waals surface area contributed by atoms with Crippen LogP contribution in [0.5, 0.6) is 0 Å². The summed E-state index contributed by atoms with van der Waals surface area (Å²) in [6, 6.07) is 8.07. The molecule has 0 radical (unpaired) electrons. The topological polar surface area (TPSA) is 43.3 Å². The molecule has 86 valence electrons. The first kappa shape index (κ1) is 11.0. The first-order chi connectivity index (χ1) is 8.29. The molecular formula is C12H10BrN3S. The van der Waals surface area contributed by atoms with E-state index in [1.54, 1.807) is 11.3 Å². The van der Waals surface area contributed by atoms with Crippen molar-refractivity contribution >= 4 is 32.9 Å². The van der Waals surface area contributed by atoms with E-state index in [2.05, 4.69) is 32.4 Å². The van der Waals surface area contributed by atoms with Crippen LogP contribution in [0.2, 0.25) is 0 Å². The number of hydrogen-bond donors (Lipinski definition) is 1. The molecule has 3 rings (SSSR count). The lowest BCUT2D eigenvalue weighted by atomic mass is 10.3. The maximum Gasteiger partial charge on any atom is 0.137 e. The number of rotatable bonds is 2. The van der Waals surface area contributed by atoms with E-state index >= 15 is 0 Å². The molecule has 0 aromatic carbocycles. The van der Waals surface area contributed by atoms with Crippen LogP contribution in [-0.4, -0.2) is 9.38 Å². The number of pyridine rings is 1. The van der Waals surface area contributed by atoms with Crippen LogP contribution in [0, 0.1) is 0 Å². The van der Waals surface area contributed by atoms with Gasteiger partial charge >= 0.3 is 0 Å². The smallest absolute Gasteiger partial charge is 0.137 e. The lowest BCUT2D eigenvalue weighted by Gasteiger charge is -2.00. The number of halogens is 1. The van der Waals surface area contributed by atoms with Crippen LogP contribution in [0.4, 0.5) is 0 Å². The standard InChI is InChI=1S/C12H10BrN3S/c13-8-3-4-11-15-12(10-2-1-5-17-10)9(6-14)16(11)7-8/h1-5,7H,6,14H2. The Labute approximate surface area is 111 Å². The molecule has 0 bridgehead atoms. The molecule has 17 heavy (non-hydrogen) atoms. The van der Waals surface area contributed by atoms with Gasteiger partial charge in [-0.15, -0.1) is 11.3 Å². The van der Waals surface area contributed by atoms with Crippen molar-refractivity contribution in [3.8, 4) is 10.6 Å². The summed E-state index contributed by atoms with van der Waals surface area (Å²) in [5, 5.41) is 2.05. The molecule has 0 spiro atoms. The van der Waals surface area contributed by atoms with Gasteiger partial charge in [0.2, 0.25) is 0 Å². The zero-order chi connectivity index (χ0) is 11.8. The molecule has 0 amide bonds. The summed E-state index contributed by atoms with van der Waals surface area (Å²) in [7, 11) is 0. The molecule has 0 saturated carbocycles. The summed E-state index contributed by atoms with van der Waals surface area (Å²) in [6.45, 7) is 0.477. The lowest BCUT2D eigenvalue weighted by molar-refractivity contribution is 0.960. The SMILES string of the molecule is NCc1c(-c2cccs2)nc2ccc(Br)cn12. The summed E-state index contributed by atoms with van der Waals surface area (Å²) in [5.41, 5.74) is 8.81. The number of aromatic nitrogens is 2. The fourth-order valence-corrected chi connectivity index (χ4v) is 2.95. The largest absolute Gasteiger partial charge is 0.325 e. The number of hydrogen-bond acceptors (Lipinski definition) is 3. The van der Waals surface area contributed by atoms with Crippen molar-refractivity contribution in [3.05, 3.63) is 46.0 Å². The van der Waals surface area contributed by atoms with Gasteiger partial charge in [-0.05, 0) is 39.5 Å². The van der Waals surface area contributed by atoms with E-state index < -0.39 is 0 Å². The molecule has 3 aromatic rings. The average molecular weight is 308 g/mol. The van der Waals surface area contributed by atoms with Gasteiger partial charge in [0.1, 0.15) is 11.3 Å². The van der Waals surface area contributed by atoms with Crippen LogP contribution >= 0.6 is 27.3 Å². The van der Waals surface area contributed by atoms with Gasteiger partial charge in [0.15, 0.2) is 0 Å². The predicted octanol–water partition coefficient (Wildman–Crippen LogP) is 3.28. The molecule has 0 aliphatic rings. The molecule has 0 aliphatic carbocycles. The highest BCUT2D eigenvalue weighted by Gasteiger charge is 2.13. The van der Waals surface area contributed by atoms with Crippen LogP contribution in [0.25, 0.3) is 16.2 Å². The van der Waals surface area contributed by atoms with E-state index in [0.29, 0.717) is 6.54 Å². The van der Waals surface area contributed by atoms with Crippen molar-refractivity contribution in [3.63, 3.8) is 0 Å². The Bertz CT molecular complexity index is 658. The van der Waals surface area contributed by atoms with Gasteiger partial charge in [-0.25, -0.2) is 4.98 Å². The number of imidazole rings is 1. The molecule has 3 nitrogen and oxygen atoms in total. The first-order valence-electron chi connectivity index (χ1n) is 5.20. The first-order valence-corrected chi connectivity index (χ1v) is 6.87. The van der Waals surface area contributed by atoms with Crippen LogP contribution in [0.3, 0.4) is 0 Å². The molecule has 3 heterocycles. The summed E-state index contributed by atoms with van der Waals surface area (Å²) in [4.78, 5) is 5.80. The molecule has 3 aromatic heterocycles. The zero-order valence-corrected chi connectivity index (χ0v) is 11.3. The molecule has 5 heteroatoms. The number of nitrogens with two attached hydrogens (primary N) is 1. The molecule has 0 unspecified atom stereocenters. The van der Waals surface area contributed by atoms with Gasteiger partial charge in [-0.1, -0.05) is 6.07 Å². The van der Waals surface area contributed by atoms with E-state index in [1.165, 1.54) is 0 Å². The highest BCUT2D eigenvalue weighted by Crippen LogP contribution is 2.28. The summed E-state index contributed by atoms with van der Waals surface area (Å²) in [6.07, 6.45) is 2.00. The van der Waals surface area contributed by atoms with Crippen LogP contribution in [-0.2, 0) is 6.54 Å². The van der Waals surface area contributed by atoms with Crippen LogP contribution in [0.15, 0.2) is 40.3 Å². The van der Waals surface area contributed by atoms with Crippen molar-refractivity contribution in [2.24, 2.45) is 5.73 Å². The van der Waals surface area contributed by atoms with Crippen molar-refractivity contribution in [2.45, 2.75) is 6.54 Å². The van der Waals surface area contributed by atoms with E-state index in [9.17, 15) is 0 Å². The Kier molecular flexibility index (Phi) is 2.74. The average Bonchev–Trinajstić information content (AvgIpc) is 2.94. The zero-order valence-electron chi connectivity index (χ0n) is 8.93. The molecule has 0 aliphatic heterocycles. The second-order valence-electron chi connectivity index (χ2n) is 3.66. The van der Waals surface area contributed by atoms with Gasteiger partial charge in [-0.2, -0.15) is 0 Å². The maximum atomic E-state index is 5.85. The molecule has 0 saturated heterocycles. The predicted molar refractivity (Wildman–Crippen MR) is 74.1 cm³/mol. The van der Waals surface area contributed by atoms with Crippen molar-refractivity contribution in [1.29, 1.82) is 0 Å². The Hall–Kier alpha value is -1.17. The summed E-state index contributed by atoms with van der Waals surface area (Å²) in [5.74, 6) is 0. The molecule has 0 fully saturated rings.